The first-order valence-electron chi connectivity index (χ1n) is 8.90. The summed E-state index contributed by atoms with van der Waals surface area (Å²) in [5, 5.41) is 12.6. The molecule has 1 aliphatic rings. The van der Waals surface area contributed by atoms with E-state index < -0.39 is 11.7 Å². The Morgan fingerprint density at radius 1 is 1.31 bits per heavy atom. The lowest BCUT2D eigenvalue weighted by Crippen LogP contribution is -2.36. The Balaban J connectivity index is 1.85. The van der Waals surface area contributed by atoms with Crippen LogP contribution in [0.1, 0.15) is 5.56 Å². The van der Waals surface area contributed by atoms with Gasteiger partial charge < -0.3 is 19.7 Å². The minimum Gasteiger partial charge on any atom is -0.494 e. The molecule has 1 aliphatic heterocycles. The summed E-state index contributed by atoms with van der Waals surface area (Å²) >= 11 is 6.10. The predicted molar refractivity (Wildman–Crippen MR) is 110 cm³/mol. The molecule has 0 bridgehead atoms. The number of hydrogen-bond donors (Lipinski definition) is 1. The average Bonchev–Trinajstić information content (AvgIpc) is 2.73. The summed E-state index contributed by atoms with van der Waals surface area (Å²) in [5.74, 6) is -1.11. The van der Waals surface area contributed by atoms with Gasteiger partial charge in [0.05, 0.1) is 31.7 Å². The second-order valence-corrected chi connectivity index (χ2v) is 6.72. The molecule has 1 fully saturated rings. The van der Waals surface area contributed by atoms with Gasteiger partial charge in [-0.3, -0.25) is 4.79 Å². The molecule has 0 atom stereocenters. The van der Waals surface area contributed by atoms with E-state index in [1.54, 1.807) is 18.2 Å². The number of carbonyl (C=O) groups is 1. The lowest BCUT2D eigenvalue weighted by molar-refractivity contribution is -0.112. The highest BCUT2D eigenvalue weighted by Crippen LogP contribution is 2.30. The first kappa shape index (κ1) is 20.6. The van der Waals surface area contributed by atoms with Gasteiger partial charge in [-0.1, -0.05) is 17.7 Å². The number of amides is 1. The maximum Gasteiger partial charge on any atom is 0.266 e. The third-order valence-electron chi connectivity index (χ3n) is 4.41. The third-order valence-corrected chi connectivity index (χ3v) is 4.65. The van der Waals surface area contributed by atoms with Gasteiger partial charge in [0.15, 0.2) is 11.6 Å². The zero-order valence-corrected chi connectivity index (χ0v) is 16.5. The van der Waals surface area contributed by atoms with Crippen LogP contribution in [-0.4, -0.2) is 39.3 Å². The Labute approximate surface area is 173 Å². The topological polar surface area (TPSA) is 74.6 Å². The highest BCUT2D eigenvalue weighted by atomic mass is 35.5. The van der Waals surface area contributed by atoms with E-state index >= 15 is 0 Å². The second kappa shape index (κ2) is 9.41. The van der Waals surface area contributed by atoms with Gasteiger partial charge in [-0.2, -0.15) is 5.26 Å². The molecule has 1 N–H and O–H groups in total. The van der Waals surface area contributed by atoms with Crippen LogP contribution in [0.25, 0.3) is 6.08 Å². The standard InChI is InChI=1S/C21H19ClFN3O3/c1-28-20-5-2-14(11-17(20)23)10-15(13-24)21(27)25-18-12-16(22)3-4-19(18)26-6-8-29-9-7-26/h2-5,10-12H,6-9H2,1H3,(H,25,27)/b15-10+. The summed E-state index contributed by atoms with van der Waals surface area (Å²) in [7, 11) is 1.36. The fourth-order valence-corrected chi connectivity index (χ4v) is 3.14. The Morgan fingerprint density at radius 2 is 2.07 bits per heavy atom. The molecule has 2 aromatic rings. The molecule has 0 aliphatic carbocycles. The van der Waals surface area contributed by atoms with Crippen molar-refractivity contribution in [3.63, 3.8) is 0 Å². The van der Waals surface area contributed by atoms with Crippen molar-refractivity contribution >= 4 is 35.0 Å². The number of benzene rings is 2. The molecule has 0 spiro atoms. The Kier molecular flexibility index (Phi) is 6.70. The molecule has 0 radical (unpaired) electrons. The number of morpholine rings is 1. The predicted octanol–water partition coefficient (Wildman–Crippen LogP) is 3.87. The second-order valence-electron chi connectivity index (χ2n) is 6.28. The van der Waals surface area contributed by atoms with E-state index in [0.29, 0.717) is 42.6 Å². The van der Waals surface area contributed by atoms with E-state index in [2.05, 4.69) is 10.2 Å². The van der Waals surface area contributed by atoms with Crippen LogP contribution in [-0.2, 0) is 9.53 Å². The van der Waals surface area contributed by atoms with Gasteiger partial charge in [0.25, 0.3) is 5.91 Å². The van der Waals surface area contributed by atoms with Gasteiger partial charge in [-0.05, 0) is 42.0 Å². The molecule has 150 valence electrons. The average molecular weight is 416 g/mol. The zero-order valence-electron chi connectivity index (χ0n) is 15.7. The molecule has 8 heteroatoms. The first-order valence-corrected chi connectivity index (χ1v) is 9.28. The largest absolute Gasteiger partial charge is 0.494 e. The Bertz CT molecular complexity index is 982. The summed E-state index contributed by atoms with van der Waals surface area (Å²) in [6.45, 7) is 2.53. The molecule has 0 aromatic heterocycles. The van der Waals surface area contributed by atoms with Gasteiger partial charge in [-0.15, -0.1) is 0 Å². The zero-order chi connectivity index (χ0) is 20.8. The number of carbonyl (C=O) groups excluding carboxylic acids is 1. The van der Waals surface area contributed by atoms with Crippen LogP contribution in [0.15, 0.2) is 42.0 Å². The quantitative estimate of drug-likeness (QED) is 0.592. The fourth-order valence-electron chi connectivity index (χ4n) is 2.97. The van der Waals surface area contributed by atoms with E-state index in [4.69, 9.17) is 21.1 Å². The van der Waals surface area contributed by atoms with Crippen molar-refractivity contribution in [3.05, 3.63) is 58.4 Å². The molecule has 0 saturated carbocycles. The van der Waals surface area contributed by atoms with Gasteiger partial charge in [0.1, 0.15) is 11.6 Å². The van der Waals surface area contributed by atoms with Crippen molar-refractivity contribution in [1.29, 1.82) is 5.26 Å². The van der Waals surface area contributed by atoms with E-state index in [9.17, 15) is 14.4 Å². The SMILES string of the molecule is COc1ccc(/C=C(\C#N)C(=O)Nc2cc(Cl)ccc2N2CCOCC2)cc1F. The van der Waals surface area contributed by atoms with Gasteiger partial charge in [0, 0.05) is 18.1 Å². The van der Waals surface area contributed by atoms with E-state index in [0.717, 1.165) is 5.69 Å². The highest BCUT2D eigenvalue weighted by Gasteiger charge is 2.18. The molecule has 6 nitrogen and oxygen atoms in total. The maximum atomic E-state index is 13.9. The molecular weight excluding hydrogens is 397 g/mol. The first-order chi connectivity index (χ1) is 14.0. The van der Waals surface area contributed by atoms with E-state index in [1.165, 1.54) is 25.3 Å². The number of nitrogens with one attached hydrogen (secondary N) is 1. The minimum absolute atomic E-state index is 0.0826. The Morgan fingerprint density at radius 3 is 2.72 bits per heavy atom. The third kappa shape index (κ3) is 5.05. The molecular formula is C21H19ClFN3O3. The maximum absolute atomic E-state index is 13.9. The number of nitriles is 1. The number of nitrogens with zero attached hydrogens (tertiary/aromatic N) is 2. The smallest absolute Gasteiger partial charge is 0.266 e. The number of rotatable bonds is 5. The van der Waals surface area contributed by atoms with Crippen molar-refractivity contribution < 1.29 is 18.7 Å². The van der Waals surface area contributed by atoms with Crippen LogP contribution in [0.5, 0.6) is 5.75 Å². The Hall–Kier alpha value is -3.08. The molecule has 0 unspecified atom stereocenters. The van der Waals surface area contributed by atoms with Crippen LogP contribution in [0.3, 0.4) is 0 Å². The number of halogens is 2. The summed E-state index contributed by atoms with van der Waals surface area (Å²) in [6, 6.07) is 11.2. The van der Waals surface area contributed by atoms with Crippen LogP contribution in [0.4, 0.5) is 15.8 Å². The number of anilines is 2. The van der Waals surface area contributed by atoms with Gasteiger partial charge >= 0.3 is 0 Å². The van der Waals surface area contributed by atoms with Crippen molar-refractivity contribution in [2.45, 2.75) is 0 Å². The van der Waals surface area contributed by atoms with E-state index in [1.807, 2.05) is 12.1 Å². The van der Waals surface area contributed by atoms with Crippen LogP contribution < -0.4 is 15.0 Å². The number of ether oxygens (including phenoxy) is 2. The lowest BCUT2D eigenvalue weighted by atomic mass is 10.1. The van der Waals surface area contributed by atoms with Gasteiger partial charge in [-0.25, -0.2) is 4.39 Å². The van der Waals surface area contributed by atoms with Crippen LogP contribution in [0.2, 0.25) is 5.02 Å². The van der Waals surface area contributed by atoms with E-state index in [-0.39, 0.29) is 11.3 Å². The minimum atomic E-state index is -0.611. The molecule has 3 rings (SSSR count). The summed E-state index contributed by atoms with van der Waals surface area (Å²) in [6.07, 6.45) is 1.32. The molecule has 2 aromatic carbocycles. The monoisotopic (exact) mass is 415 g/mol. The molecule has 29 heavy (non-hydrogen) atoms. The summed E-state index contributed by atoms with van der Waals surface area (Å²) < 4.78 is 24.1. The summed E-state index contributed by atoms with van der Waals surface area (Å²) in [5.41, 5.74) is 1.49. The highest BCUT2D eigenvalue weighted by molar-refractivity contribution is 6.31. The molecule has 1 saturated heterocycles. The van der Waals surface area contributed by atoms with Crippen molar-refractivity contribution in [2.24, 2.45) is 0 Å². The normalized spacial score (nSPS) is 14.3. The molecule has 1 heterocycles. The van der Waals surface area contributed by atoms with Crippen molar-refractivity contribution in [3.8, 4) is 11.8 Å². The van der Waals surface area contributed by atoms with Crippen molar-refractivity contribution in [1.82, 2.24) is 0 Å². The van der Waals surface area contributed by atoms with Crippen LogP contribution >= 0.6 is 11.6 Å². The fraction of sp³-hybridized carbons (Fsp3) is 0.238. The number of hydrogen-bond acceptors (Lipinski definition) is 5. The molecule has 1 amide bonds. The van der Waals surface area contributed by atoms with Gasteiger partial charge in [0.2, 0.25) is 0 Å². The number of methoxy groups -OCH3 is 1. The van der Waals surface area contributed by atoms with Crippen molar-refractivity contribution in [2.75, 3.05) is 43.6 Å². The summed E-state index contributed by atoms with van der Waals surface area (Å²) in [4.78, 5) is 14.8. The van der Waals surface area contributed by atoms with Crippen LogP contribution in [0, 0.1) is 17.1 Å². The lowest BCUT2D eigenvalue weighted by Gasteiger charge is -2.30.